The van der Waals surface area contributed by atoms with E-state index in [1.54, 1.807) is 18.2 Å². The SMILES string of the molecule is CCN1CCN(c2ccc(NC(=O)CSc3nnc(-c4ccccc4F)n3N)cc2)CC1. The summed E-state index contributed by atoms with van der Waals surface area (Å²) >= 11 is 1.14. The van der Waals surface area contributed by atoms with Gasteiger partial charge in [0.2, 0.25) is 11.1 Å². The molecule has 0 unspecified atom stereocenters. The number of hydrogen-bond acceptors (Lipinski definition) is 7. The van der Waals surface area contributed by atoms with Crippen LogP contribution in [0, 0.1) is 5.82 Å². The first-order valence-electron chi connectivity index (χ1n) is 10.5. The second kappa shape index (κ2) is 10.0. The molecular weight excluding hydrogens is 429 g/mol. The minimum atomic E-state index is -0.434. The summed E-state index contributed by atoms with van der Waals surface area (Å²) in [5.41, 5.74) is 2.15. The zero-order valence-electron chi connectivity index (χ0n) is 17.9. The van der Waals surface area contributed by atoms with Crippen molar-refractivity contribution in [3.8, 4) is 11.4 Å². The topological polar surface area (TPSA) is 92.3 Å². The van der Waals surface area contributed by atoms with Gasteiger partial charge >= 0.3 is 0 Å². The van der Waals surface area contributed by atoms with Gasteiger partial charge in [0, 0.05) is 37.6 Å². The fourth-order valence-electron chi connectivity index (χ4n) is 3.61. The number of nitrogens with two attached hydrogens (primary N) is 1. The summed E-state index contributed by atoms with van der Waals surface area (Å²) in [6, 6.07) is 14.1. The van der Waals surface area contributed by atoms with Crippen LogP contribution in [0.2, 0.25) is 0 Å². The van der Waals surface area contributed by atoms with Crippen LogP contribution in [-0.2, 0) is 4.79 Å². The van der Waals surface area contributed by atoms with E-state index in [9.17, 15) is 9.18 Å². The van der Waals surface area contributed by atoms with E-state index < -0.39 is 5.82 Å². The molecule has 0 atom stereocenters. The predicted molar refractivity (Wildman–Crippen MR) is 126 cm³/mol. The average Bonchev–Trinajstić information content (AvgIpc) is 3.18. The smallest absolute Gasteiger partial charge is 0.234 e. The van der Waals surface area contributed by atoms with Crippen molar-refractivity contribution in [2.75, 3.05) is 54.5 Å². The number of thioether (sulfide) groups is 1. The van der Waals surface area contributed by atoms with Crippen molar-refractivity contribution < 1.29 is 9.18 Å². The lowest BCUT2D eigenvalue weighted by molar-refractivity contribution is -0.113. The summed E-state index contributed by atoms with van der Waals surface area (Å²) in [5.74, 6) is 5.71. The normalized spacial score (nSPS) is 14.5. The number of amides is 1. The van der Waals surface area contributed by atoms with Gasteiger partial charge in [-0.2, -0.15) is 0 Å². The van der Waals surface area contributed by atoms with Gasteiger partial charge in [0.05, 0.1) is 11.3 Å². The van der Waals surface area contributed by atoms with E-state index in [-0.39, 0.29) is 23.0 Å². The van der Waals surface area contributed by atoms with Crippen LogP contribution in [0.3, 0.4) is 0 Å². The first kappa shape index (κ1) is 22.1. The van der Waals surface area contributed by atoms with E-state index in [1.807, 2.05) is 24.3 Å². The highest BCUT2D eigenvalue weighted by Gasteiger charge is 2.17. The number of rotatable bonds is 7. The number of carbonyl (C=O) groups excluding carboxylic acids is 1. The number of aromatic nitrogens is 3. The molecule has 32 heavy (non-hydrogen) atoms. The lowest BCUT2D eigenvalue weighted by Crippen LogP contribution is -2.46. The Labute approximate surface area is 190 Å². The van der Waals surface area contributed by atoms with Crippen LogP contribution in [0.5, 0.6) is 0 Å². The monoisotopic (exact) mass is 455 g/mol. The number of hydrogen-bond donors (Lipinski definition) is 2. The average molecular weight is 456 g/mol. The Morgan fingerprint density at radius 1 is 1.09 bits per heavy atom. The summed E-state index contributed by atoms with van der Waals surface area (Å²) in [4.78, 5) is 17.2. The maximum atomic E-state index is 14.0. The highest BCUT2D eigenvalue weighted by Crippen LogP contribution is 2.24. The van der Waals surface area contributed by atoms with Gasteiger partial charge in [-0.3, -0.25) is 4.79 Å². The molecule has 168 valence electrons. The summed E-state index contributed by atoms with van der Waals surface area (Å²) in [6.07, 6.45) is 0. The zero-order chi connectivity index (χ0) is 22.5. The molecule has 1 aliphatic rings. The third-order valence-electron chi connectivity index (χ3n) is 5.45. The van der Waals surface area contributed by atoms with Crippen molar-refractivity contribution in [3.63, 3.8) is 0 Å². The van der Waals surface area contributed by atoms with E-state index in [4.69, 9.17) is 5.84 Å². The zero-order valence-corrected chi connectivity index (χ0v) is 18.7. The van der Waals surface area contributed by atoms with Crippen molar-refractivity contribution in [1.82, 2.24) is 19.8 Å². The maximum absolute atomic E-state index is 14.0. The number of nitrogen functional groups attached to an aromatic ring is 1. The second-order valence-corrected chi connectivity index (χ2v) is 8.40. The second-order valence-electron chi connectivity index (χ2n) is 7.46. The number of benzene rings is 2. The maximum Gasteiger partial charge on any atom is 0.234 e. The Kier molecular flexibility index (Phi) is 6.91. The van der Waals surface area contributed by atoms with Crippen LogP contribution in [0.1, 0.15) is 6.92 Å². The summed E-state index contributed by atoms with van der Waals surface area (Å²) in [6.45, 7) is 7.41. The summed E-state index contributed by atoms with van der Waals surface area (Å²) < 4.78 is 15.2. The van der Waals surface area contributed by atoms with Crippen LogP contribution in [0.4, 0.5) is 15.8 Å². The van der Waals surface area contributed by atoms with Crippen LogP contribution in [0.25, 0.3) is 11.4 Å². The Morgan fingerprint density at radius 3 is 2.50 bits per heavy atom. The molecule has 3 N–H and O–H groups in total. The van der Waals surface area contributed by atoms with Gasteiger partial charge in [-0.1, -0.05) is 30.8 Å². The minimum absolute atomic E-state index is 0.104. The van der Waals surface area contributed by atoms with Gasteiger partial charge in [-0.25, -0.2) is 9.07 Å². The van der Waals surface area contributed by atoms with Crippen LogP contribution < -0.4 is 16.1 Å². The van der Waals surface area contributed by atoms with Gasteiger partial charge in [-0.05, 0) is 42.9 Å². The standard InChI is InChI=1S/C22H26FN7OS/c1-2-28-11-13-29(14-12-28)17-9-7-16(8-10-17)25-20(31)15-32-22-27-26-21(30(22)24)18-5-3-4-6-19(18)23/h3-10H,2,11-15,24H2,1H3,(H,25,31). The van der Waals surface area contributed by atoms with Crippen LogP contribution in [0.15, 0.2) is 53.7 Å². The number of nitrogens with one attached hydrogen (secondary N) is 1. The quantitative estimate of drug-likeness (QED) is 0.418. The fourth-order valence-corrected chi connectivity index (χ4v) is 4.26. The van der Waals surface area contributed by atoms with E-state index >= 15 is 0 Å². The molecule has 2 heterocycles. The lowest BCUT2D eigenvalue weighted by atomic mass is 10.2. The van der Waals surface area contributed by atoms with Gasteiger partial charge in [0.15, 0.2) is 5.82 Å². The lowest BCUT2D eigenvalue weighted by Gasteiger charge is -2.35. The van der Waals surface area contributed by atoms with Gasteiger partial charge in [-0.15, -0.1) is 10.2 Å². The largest absolute Gasteiger partial charge is 0.369 e. The Balaban J connectivity index is 1.31. The van der Waals surface area contributed by atoms with Gasteiger partial charge in [0.1, 0.15) is 5.82 Å². The summed E-state index contributed by atoms with van der Waals surface area (Å²) in [7, 11) is 0. The Hall–Kier alpha value is -3.11. The molecule has 0 spiro atoms. The molecule has 1 amide bonds. The van der Waals surface area contributed by atoms with Crippen molar-refractivity contribution in [2.24, 2.45) is 0 Å². The van der Waals surface area contributed by atoms with Crippen LogP contribution in [-0.4, -0.2) is 64.2 Å². The molecule has 1 saturated heterocycles. The molecule has 1 aliphatic heterocycles. The first-order valence-corrected chi connectivity index (χ1v) is 11.5. The molecular formula is C22H26FN7OS. The molecule has 2 aromatic carbocycles. The van der Waals surface area contributed by atoms with Gasteiger partial charge in [0.25, 0.3) is 0 Å². The number of piperazine rings is 1. The molecule has 0 saturated carbocycles. The van der Waals surface area contributed by atoms with Crippen molar-refractivity contribution in [2.45, 2.75) is 12.1 Å². The predicted octanol–water partition coefficient (Wildman–Crippen LogP) is 2.67. The molecule has 0 aliphatic carbocycles. The molecule has 4 rings (SSSR count). The van der Waals surface area contributed by atoms with Crippen molar-refractivity contribution in [1.29, 1.82) is 0 Å². The fraction of sp³-hybridized carbons (Fsp3) is 0.318. The number of anilines is 2. The molecule has 0 bridgehead atoms. The number of likely N-dealkylation sites (N-methyl/N-ethyl adjacent to an activating group) is 1. The van der Waals surface area contributed by atoms with Gasteiger partial charge < -0.3 is 21.0 Å². The van der Waals surface area contributed by atoms with E-state index in [0.29, 0.717) is 5.16 Å². The molecule has 8 nitrogen and oxygen atoms in total. The first-order chi connectivity index (χ1) is 15.5. The van der Waals surface area contributed by atoms with E-state index in [2.05, 4.69) is 32.2 Å². The summed E-state index contributed by atoms with van der Waals surface area (Å²) in [5, 5.41) is 11.2. The van der Waals surface area contributed by atoms with E-state index in [1.165, 1.54) is 10.7 Å². The number of nitrogens with zero attached hydrogens (tertiary/aromatic N) is 5. The number of carbonyl (C=O) groups is 1. The highest BCUT2D eigenvalue weighted by molar-refractivity contribution is 7.99. The molecule has 3 aromatic rings. The Morgan fingerprint density at radius 2 is 1.81 bits per heavy atom. The number of halogens is 1. The third-order valence-corrected chi connectivity index (χ3v) is 6.39. The van der Waals surface area contributed by atoms with Crippen LogP contribution >= 0.6 is 11.8 Å². The Bertz CT molecular complexity index is 1060. The van der Waals surface area contributed by atoms with E-state index in [0.717, 1.165) is 55.9 Å². The third kappa shape index (κ3) is 5.03. The highest BCUT2D eigenvalue weighted by atomic mass is 32.2. The molecule has 1 aromatic heterocycles. The van der Waals surface area contributed by atoms with Crippen molar-refractivity contribution >= 4 is 29.0 Å². The minimum Gasteiger partial charge on any atom is -0.369 e. The molecule has 10 heteroatoms. The molecule has 0 radical (unpaired) electrons. The van der Waals surface area contributed by atoms with Crippen molar-refractivity contribution in [3.05, 3.63) is 54.3 Å². The molecule has 1 fully saturated rings.